The molecular weight excluding hydrogens is 318 g/mol. The Bertz CT molecular complexity index is 626. The number of aromatic amines is 1. The molecule has 21 heavy (non-hydrogen) atoms. The molecule has 1 aromatic heterocycles. The SMILES string of the molecule is O=c1[nH]cc(S(=O)(=O)NCCCN2CCOCC2)cc1Cl. The van der Waals surface area contributed by atoms with Gasteiger partial charge in [-0.1, -0.05) is 11.6 Å². The summed E-state index contributed by atoms with van der Waals surface area (Å²) in [5.41, 5.74) is -0.511. The molecule has 1 saturated heterocycles. The van der Waals surface area contributed by atoms with E-state index in [1.165, 1.54) is 0 Å². The molecule has 0 unspecified atom stereocenters. The lowest BCUT2D eigenvalue weighted by Crippen LogP contribution is -2.38. The Hall–Kier alpha value is -0.930. The fraction of sp³-hybridized carbons (Fsp3) is 0.583. The van der Waals surface area contributed by atoms with Crippen LogP contribution in [0.5, 0.6) is 0 Å². The second-order valence-corrected chi connectivity index (χ2v) is 6.89. The fourth-order valence-electron chi connectivity index (χ4n) is 2.01. The van der Waals surface area contributed by atoms with Gasteiger partial charge in [0.05, 0.1) is 18.1 Å². The first-order valence-corrected chi connectivity index (χ1v) is 8.53. The van der Waals surface area contributed by atoms with Crippen LogP contribution < -0.4 is 10.3 Å². The monoisotopic (exact) mass is 335 g/mol. The van der Waals surface area contributed by atoms with Gasteiger partial charge in [0.25, 0.3) is 5.56 Å². The Morgan fingerprint density at radius 3 is 2.76 bits per heavy atom. The normalized spacial score (nSPS) is 17.0. The molecule has 1 aliphatic heterocycles. The summed E-state index contributed by atoms with van der Waals surface area (Å²) in [5.74, 6) is 0. The largest absolute Gasteiger partial charge is 0.379 e. The van der Waals surface area contributed by atoms with Gasteiger partial charge in [0.2, 0.25) is 10.0 Å². The van der Waals surface area contributed by atoms with Crippen LogP contribution in [0.25, 0.3) is 0 Å². The number of morpholine rings is 1. The van der Waals surface area contributed by atoms with Crippen LogP contribution in [0.3, 0.4) is 0 Å². The zero-order valence-corrected chi connectivity index (χ0v) is 13.0. The van der Waals surface area contributed by atoms with Crippen molar-refractivity contribution in [3.63, 3.8) is 0 Å². The highest BCUT2D eigenvalue weighted by Gasteiger charge is 2.15. The number of pyridine rings is 1. The van der Waals surface area contributed by atoms with Crippen molar-refractivity contribution in [2.45, 2.75) is 11.3 Å². The molecule has 2 heterocycles. The third-order valence-electron chi connectivity index (χ3n) is 3.19. The lowest BCUT2D eigenvalue weighted by molar-refractivity contribution is 0.0376. The summed E-state index contributed by atoms with van der Waals surface area (Å²) in [6.45, 7) is 4.35. The van der Waals surface area contributed by atoms with Gasteiger partial charge in [-0.05, 0) is 19.0 Å². The number of nitrogens with zero attached hydrogens (tertiary/aromatic N) is 1. The highest BCUT2D eigenvalue weighted by Crippen LogP contribution is 2.10. The van der Waals surface area contributed by atoms with E-state index in [0.29, 0.717) is 13.0 Å². The average Bonchev–Trinajstić information content (AvgIpc) is 2.47. The van der Waals surface area contributed by atoms with Crippen LogP contribution in [-0.2, 0) is 14.8 Å². The van der Waals surface area contributed by atoms with Gasteiger partial charge in [-0.15, -0.1) is 0 Å². The van der Waals surface area contributed by atoms with Crippen LogP contribution in [0.15, 0.2) is 22.0 Å². The third-order valence-corrected chi connectivity index (χ3v) is 4.91. The van der Waals surface area contributed by atoms with Gasteiger partial charge >= 0.3 is 0 Å². The maximum Gasteiger partial charge on any atom is 0.266 e. The quantitative estimate of drug-likeness (QED) is 0.716. The molecule has 0 spiro atoms. The van der Waals surface area contributed by atoms with E-state index < -0.39 is 15.6 Å². The lowest BCUT2D eigenvalue weighted by atomic mass is 10.3. The van der Waals surface area contributed by atoms with E-state index in [1.807, 2.05) is 0 Å². The number of halogens is 1. The van der Waals surface area contributed by atoms with Crippen molar-refractivity contribution in [2.24, 2.45) is 0 Å². The highest BCUT2D eigenvalue weighted by atomic mass is 35.5. The number of aromatic nitrogens is 1. The van der Waals surface area contributed by atoms with E-state index >= 15 is 0 Å². The fourth-order valence-corrected chi connectivity index (χ4v) is 3.31. The van der Waals surface area contributed by atoms with Crippen molar-refractivity contribution in [2.75, 3.05) is 39.4 Å². The summed E-state index contributed by atoms with van der Waals surface area (Å²) in [7, 11) is -3.65. The zero-order valence-electron chi connectivity index (χ0n) is 11.5. The Kier molecular flexibility index (Phi) is 5.77. The summed E-state index contributed by atoms with van der Waals surface area (Å²) in [5, 5.41) is -0.147. The van der Waals surface area contributed by atoms with Crippen LogP contribution >= 0.6 is 11.6 Å². The van der Waals surface area contributed by atoms with Crippen molar-refractivity contribution >= 4 is 21.6 Å². The van der Waals surface area contributed by atoms with Gasteiger partial charge in [0.1, 0.15) is 5.02 Å². The van der Waals surface area contributed by atoms with E-state index in [0.717, 1.165) is 45.1 Å². The summed E-state index contributed by atoms with van der Waals surface area (Å²) in [6, 6.07) is 1.14. The molecule has 0 bridgehead atoms. The van der Waals surface area contributed by atoms with Gasteiger partial charge in [0.15, 0.2) is 0 Å². The Morgan fingerprint density at radius 1 is 1.38 bits per heavy atom. The van der Waals surface area contributed by atoms with Gasteiger partial charge < -0.3 is 9.72 Å². The maximum atomic E-state index is 12.0. The second-order valence-electron chi connectivity index (χ2n) is 4.72. The van der Waals surface area contributed by atoms with Crippen LogP contribution in [0, 0.1) is 0 Å². The van der Waals surface area contributed by atoms with Crippen molar-refractivity contribution in [1.82, 2.24) is 14.6 Å². The molecule has 118 valence electrons. The molecule has 7 nitrogen and oxygen atoms in total. The zero-order chi connectivity index (χ0) is 15.3. The molecule has 0 radical (unpaired) electrons. The third kappa shape index (κ3) is 4.79. The number of nitrogens with one attached hydrogen (secondary N) is 2. The van der Waals surface area contributed by atoms with Crippen molar-refractivity contribution < 1.29 is 13.2 Å². The minimum Gasteiger partial charge on any atom is -0.379 e. The first-order chi connectivity index (χ1) is 9.99. The summed E-state index contributed by atoms with van der Waals surface area (Å²) in [4.78, 5) is 15.6. The number of H-pyrrole nitrogens is 1. The highest BCUT2D eigenvalue weighted by molar-refractivity contribution is 7.89. The van der Waals surface area contributed by atoms with Crippen molar-refractivity contribution in [3.05, 3.63) is 27.6 Å². The molecule has 2 rings (SSSR count). The molecule has 0 aromatic carbocycles. The van der Waals surface area contributed by atoms with Gasteiger partial charge in [0, 0.05) is 25.8 Å². The number of rotatable bonds is 6. The molecule has 2 N–H and O–H groups in total. The molecular formula is C12H18ClN3O4S. The minimum atomic E-state index is -3.65. The molecule has 0 saturated carbocycles. The van der Waals surface area contributed by atoms with Crippen LogP contribution in [-0.4, -0.2) is 57.7 Å². The number of hydrogen-bond acceptors (Lipinski definition) is 5. The predicted octanol–water partition coefficient (Wildman–Crippen LogP) is 0.0289. The predicted molar refractivity (Wildman–Crippen MR) is 79.1 cm³/mol. The Balaban J connectivity index is 1.83. The van der Waals surface area contributed by atoms with Gasteiger partial charge in [-0.25, -0.2) is 13.1 Å². The molecule has 0 atom stereocenters. The van der Waals surface area contributed by atoms with Gasteiger partial charge in [-0.3, -0.25) is 9.69 Å². The molecule has 9 heteroatoms. The molecule has 1 aliphatic rings. The van der Waals surface area contributed by atoms with E-state index in [1.54, 1.807) is 0 Å². The first-order valence-electron chi connectivity index (χ1n) is 6.67. The van der Waals surface area contributed by atoms with E-state index in [-0.39, 0.29) is 9.92 Å². The van der Waals surface area contributed by atoms with Crippen molar-refractivity contribution in [3.8, 4) is 0 Å². The van der Waals surface area contributed by atoms with Gasteiger partial charge in [-0.2, -0.15) is 0 Å². The summed E-state index contributed by atoms with van der Waals surface area (Å²) in [6.07, 6.45) is 1.84. The number of hydrogen-bond donors (Lipinski definition) is 2. The standard InChI is InChI=1S/C12H18ClN3O4S/c13-11-8-10(9-14-12(11)17)21(18,19)15-2-1-3-16-4-6-20-7-5-16/h8-9,15H,1-7H2,(H,14,17). The average molecular weight is 336 g/mol. The van der Waals surface area contributed by atoms with Crippen LogP contribution in [0.4, 0.5) is 0 Å². The molecule has 1 fully saturated rings. The second kappa shape index (κ2) is 7.37. The Morgan fingerprint density at radius 2 is 2.10 bits per heavy atom. The molecule has 1 aromatic rings. The van der Waals surface area contributed by atoms with E-state index in [4.69, 9.17) is 16.3 Å². The lowest BCUT2D eigenvalue weighted by Gasteiger charge is -2.26. The molecule has 0 amide bonds. The summed E-state index contributed by atoms with van der Waals surface area (Å²) >= 11 is 5.63. The van der Waals surface area contributed by atoms with Crippen LogP contribution in [0.1, 0.15) is 6.42 Å². The maximum absolute atomic E-state index is 12.0. The number of ether oxygens (including phenoxy) is 1. The smallest absolute Gasteiger partial charge is 0.266 e. The number of sulfonamides is 1. The first kappa shape index (κ1) is 16.4. The van der Waals surface area contributed by atoms with E-state index in [2.05, 4.69) is 14.6 Å². The molecule has 0 aliphatic carbocycles. The summed E-state index contributed by atoms with van der Waals surface area (Å²) < 4.78 is 31.8. The minimum absolute atomic E-state index is 0.0431. The van der Waals surface area contributed by atoms with Crippen LogP contribution in [0.2, 0.25) is 5.02 Å². The topological polar surface area (TPSA) is 91.5 Å². The van der Waals surface area contributed by atoms with Crippen molar-refractivity contribution in [1.29, 1.82) is 0 Å². The van der Waals surface area contributed by atoms with E-state index in [9.17, 15) is 13.2 Å². The Labute approximate surface area is 128 Å².